The monoisotopic (exact) mass is 339 g/mol. The van der Waals surface area contributed by atoms with E-state index in [9.17, 15) is 9.59 Å². The van der Waals surface area contributed by atoms with E-state index in [4.69, 9.17) is 14.2 Å². The average Bonchev–Trinajstić information content (AvgIpc) is 2.57. The molecule has 0 bridgehead atoms. The number of carbonyl (C=O) groups is 2. The van der Waals surface area contributed by atoms with E-state index in [0.717, 1.165) is 11.0 Å². The van der Waals surface area contributed by atoms with E-state index in [1.165, 1.54) is 0 Å². The zero-order valence-electron chi connectivity index (χ0n) is 13.0. The maximum atomic E-state index is 11.7. The van der Waals surface area contributed by atoms with Crippen molar-refractivity contribution in [3.8, 4) is 0 Å². The topological polar surface area (TPSA) is 73.9 Å². The summed E-state index contributed by atoms with van der Waals surface area (Å²) >= 11 is 1.58. The van der Waals surface area contributed by atoms with Crippen molar-refractivity contribution in [1.82, 2.24) is 5.32 Å². The molecule has 1 aromatic rings. The van der Waals surface area contributed by atoms with E-state index in [2.05, 4.69) is 11.9 Å². The van der Waals surface area contributed by atoms with Gasteiger partial charge >= 0.3 is 12.1 Å². The van der Waals surface area contributed by atoms with Gasteiger partial charge in [-0.15, -0.1) is 11.8 Å². The lowest BCUT2D eigenvalue weighted by molar-refractivity contribution is -0.137. The summed E-state index contributed by atoms with van der Waals surface area (Å²) in [5.41, 5.74) is 0. The molecule has 0 spiro atoms. The summed E-state index contributed by atoms with van der Waals surface area (Å²) in [6.07, 6.45) is 0.115. The van der Waals surface area contributed by atoms with Crippen molar-refractivity contribution in [2.45, 2.75) is 11.0 Å². The van der Waals surface area contributed by atoms with Gasteiger partial charge < -0.3 is 19.5 Å². The van der Waals surface area contributed by atoms with Crippen LogP contribution < -0.4 is 5.32 Å². The van der Waals surface area contributed by atoms with Crippen LogP contribution in [0.15, 0.2) is 47.9 Å². The smallest absolute Gasteiger partial charge is 0.407 e. The molecule has 0 aliphatic carbocycles. The minimum atomic E-state index is -0.574. The van der Waals surface area contributed by atoms with Crippen molar-refractivity contribution in [1.29, 1.82) is 0 Å². The van der Waals surface area contributed by atoms with E-state index >= 15 is 0 Å². The van der Waals surface area contributed by atoms with Crippen LogP contribution in [0.2, 0.25) is 0 Å². The standard InChI is InChI=1S/C16H21NO5S/c1-3-15(18)21-10-9-17-16(19)22-13(11-20-2)12-23-14-7-5-4-6-8-14/h3-8,13H,1,9-12H2,2H3,(H,17,19). The second kappa shape index (κ2) is 11.6. The minimum Gasteiger partial charge on any atom is -0.461 e. The Bertz CT molecular complexity index is 495. The molecule has 7 heteroatoms. The molecule has 0 saturated heterocycles. The molecule has 23 heavy (non-hydrogen) atoms. The number of ether oxygens (including phenoxy) is 3. The number of carbonyl (C=O) groups excluding carboxylic acids is 2. The zero-order valence-corrected chi connectivity index (χ0v) is 13.8. The summed E-state index contributed by atoms with van der Waals surface area (Å²) < 4.78 is 15.1. The number of hydrogen-bond acceptors (Lipinski definition) is 6. The maximum Gasteiger partial charge on any atom is 0.407 e. The zero-order chi connectivity index (χ0) is 16.9. The normalized spacial score (nSPS) is 11.3. The molecule has 0 aliphatic rings. The van der Waals surface area contributed by atoms with Gasteiger partial charge in [-0.1, -0.05) is 24.8 Å². The third-order valence-corrected chi connectivity index (χ3v) is 3.73. The number of amides is 1. The van der Waals surface area contributed by atoms with Crippen molar-refractivity contribution in [3.05, 3.63) is 43.0 Å². The van der Waals surface area contributed by atoms with Gasteiger partial charge in [-0.2, -0.15) is 0 Å². The van der Waals surface area contributed by atoms with Gasteiger partial charge in [-0.25, -0.2) is 9.59 Å². The van der Waals surface area contributed by atoms with Crippen molar-refractivity contribution in [2.75, 3.05) is 32.6 Å². The fourth-order valence-electron chi connectivity index (χ4n) is 1.56. The quantitative estimate of drug-likeness (QED) is 0.305. The first kappa shape index (κ1) is 19.1. The lowest BCUT2D eigenvalue weighted by Gasteiger charge is -2.17. The fourth-order valence-corrected chi connectivity index (χ4v) is 2.46. The summed E-state index contributed by atoms with van der Waals surface area (Å²) in [5.74, 6) is 0.0492. The molecule has 1 amide bonds. The SMILES string of the molecule is C=CC(=O)OCCNC(=O)OC(COC)CSc1ccccc1. The highest BCUT2D eigenvalue weighted by Crippen LogP contribution is 2.19. The molecule has 0 aliphatic heterocycles. The number of methoxy groups -OCH3 is 1. The number of nitrogens with one attached hydrogen (secondary N) is 1. The highest BCUT2D eigenvalue weighted by Gasteiger charge is 2.14. The first-order valence-corrected chi connectivity index (χ1v) is 8.04. The highest BCUT2D eigenvalue weighted by atomic mass is 32.2. The Morgan fingerprint density at radius 2 is 2.09 bits per heavy atom. The van der Waals surface area contributed by atoms with E-state index in [1.54, 1.807) is 18.9 Å². The number of alkyl carbamates (subject to hydrolysis) is 1. The molecular formula is C16H21NO5S. The summed E-state index contributed by atoms with van der Waals surface area (Å²) in [6, 6.07) is 9.82. The third kappa shape index (κ3) is 8.90. The van der Waals surface area contributed by atoms with Crippen LogP contribution in [-0.2, 0) is 19.0 Å². The van der Waals surface area contributed by atoms with Crippen molar-refractivity contribution < 1.29 is 23.8 Å². The first-order chi connectivity index (χ1) is 11.2. The Morgan fingerprint density at radius 3 is 2.74 bits per heavy atom. The molecule has 0 fully saturated rings. The molecule has 1 unspecified atom stereocenters. The Hall–Kier alpha value is -1.99. The number of rotatable bonds is 10. The third-order valence-electron chi connectivity index (χ3n) is 2.59. The van der Waals surface area contributed by atoms with Crippen LogP contribution in [-0.4, -0.2) is 50.8 Å². The largest absolute Gasteiger partial charge is 0.461 e. The lowest BCUT2D eigenvalue weighted by Crippen LogP contribution is -2.34. The van der Waals surface area contributed by atoms with Gasteiger partial charge in [0.05, 0.1) is 13.2 Å². The summed E-state index contributed by atoms with van der Waals surface area (Å²) in [4.78, 5) is 23.6. The van der Waals surface area contributed by atoms with Gasteiger partial charge in [0.15, 0.2) is 0 Å². The predicted octanol–water partition coefficient (Wildman–Crippen LogP) is 2.25. The number of thioether (sulfide) groups is 1. The van der Waals surface area contributed by atoms with Crippen molar-refractivity contribution >= 4 is 23.8 Å². The van der Waals surface area contributed by atoms with E-state index in [0.29, 0.717) is 12.4 Å². The molecule has 1 N–H and O–H groups in total. The van der Waals surface area contributed by atoms with Gasteiger partial charge in [-0.3, -0.25) is 0 Å². The van der Waals surface area contributed by atoms with E-state index in [1.807, 2.05) is 30.3 Å². The van der Waals surface area contributed by atoms with Crippen molar-refractivity contribution in [2.24, 2.45) is 0 Å². The Labute approximate surface area is 140 Å². The van der Waals surface area contributed by atoms with Crippen LogP contribution >= 0.6 is 11.8 Å². The van der Waals surface area contributed by atoms with Gasteiger partial charge in [0.2, 0.25) is 0 Å². The van der Waals surface area contributed by atoms with Crippen LogP contribution in [0.25, 0.3) is 0 Å². The average molecular weight is 339 g/mol. The van der Waals surface area contributed by atoms with Crippen LogP contribution in [0.1, 0.15) is 0 Å². The van der Waals surface area contributed by atoms with Gasteiger partial charge in [0.1, 0.15) is 12.7 Å². The first-order valence-electron chi connectivity index (χ1n) is 7.06. The summed E-state index contributed by atoms with van der Waals surface area (Å²) in [5, 5.41) is 2.51. The Balaban J connectivity index is 2.29. The van der Waals surface area contributed by atoms with Crippen LogP contribution in [0.3, 0.4) is 0 Å². The Morgan fingerprint density at radius 1 is 1.35 bits per heavy atom. The van der Waals surface area contributed by atoms with E-state index < -0.39 is 12.1 Å². The van der Waals surface area contributed by atoms with E-state index in [-0.39, 0.29) is 19.3 Å². The van der Waals surface area contributed by atoms with Crippen LogP contribution in [0.4, 0.5) is 4.79 Å². The summed E-state index contributed by atoms with van der Waals surface area (Å²) in [6.45, 7) is 3.81. The van der Waals surface area contributed by atoms with Crippen molar-refractivity contribution in [3.63, 3.8) is 0 Å². The maximum absolute atomic E-state index is 11.7. The summed E-state index contributed by atoms with van der Waals surface area (Å²) in [7, 11) is 1.55. The van der Waals surface area contributed by atoms with Crippen LogP contribution in [0.5, 0.6) is 0 Å². The second-order valence-corrected chi connectivity index (χ2v) is 5.50. The number of hydrogen-bond donors (Lipinski definition) is 1. The molecule has 0 saturated carbocycles. The number of benzene rings is 1. The molecule has 126 valence electrons. The molecule has 0 heterocycles. The lowest BCUT2D eigenvalue weighted by atomic mass is 10.4. The predicted molar refractivity (Wildman–Crippen MR) is 88.5 cm³/mol. The molecule has 0 aromatic heterocycles. The molecule has 1 atom stereocenters. The number of esters is 1. The molecule has 1 rings (SSSR count). The minimum absolute atomic E-state index is 0.0632. The molecule has 6 nitrogen and oxygen atoms in total. The van der Waals surface area contributed by atoms with Crippen LogP contribution in [0, 0.1) is 0 Å². The highest BCUT2D eigenvalue weighted by molar-refractivity contribution is 7.99. The molecule has 1 aromatic carbocycles. The second-order valence-electron chi connectivity index (χ2n) is 4.41. The van der Waals surface area contributed by atoms with Gasteiger partial charge in [-0.05, 0) is 12.1 Å². The fraction of sp³-hybridized carbons (Fsp3) is 0.375. The molecular weight excluding hydrogens is 318 g/mol. The Kier molecular flexibility index (Phi) is 9.58. The molecule has 0 radical (unpaired) electrons. The van der Waals surface area contributed by atoms with Gasteiger partial charge in [0, 0.05) is 23.8 Å². The van der Waals surface area contributed by atoms with Gasteiger partial charge in [0.25, 0.3) is 0 Å².